The zero-order valence-corrected chi connectivity index (χ0v) is 10.8. The molecular formula is C11H21NO4. The van der Waals surface area contributed by atoms with Crippen LogP contribution in [0, 0.1) is 0 Å². The van der Waals surface area contributed by atoms with E-state index >= 15 is 0 Å². The van der Waals surface area contributed by atoms with Crippen LogP contribution in [0.25, 0.3) is 0 Å². The van der Waals surface area contributed by atoms with Gasteiger partial charge in [0.05, 0.1) is 0 Å². The fourth-order valence-electron chi connectivity index (χ4n) is 1.32. The van der Waals surface area contributed by atoms with Crippen molar-refractivity contribution in [1.82, 2.24) is 4.90 Å². The van der Waals surface area contributed by atoms with Crippen molar-refractivity contribution in [3.63, 3.8) is 0 Å². The first-order valence-corrected chi connectivity index (χ1v) is 5.21. The fraction of sp³-hybridized carbons (Fsp3) is 0.818. The molecule has 0 aliphatic carbocycles. The molecule has 0 rings (SSSR count). The van der Waals surface area contributed by atoms with E-state index in [-0.39, 0.29) is 5.91 Å². The first-order valence-electron chi connectivity index (χ1n) is 5.21. The Kier molecular flexibility index (Phi) is 4.49. The second-order valence-electron chi connectivity index (χ2n) is 4.63. The number of likely N-dealkylation sites (N-methyl/N-ethyl adjacent to an activating group) is 1. The molecule has 0 aliphatic rings. The number of hydrogen-bond donors (Lipinski definition) is 1. The molecule has 0 spiro atoms. The molecule has 0 aromatic rings. The summed E-state index contributed by atoms with van der Waals surface area (Å²) in [6, 6.07) is 0. The Hall–Kier alpha value is -1.10. The predicted molar refractivity (Wildman–Crippen MR) is 60.2 cm³/mol. The highest BCUT2D eigenvalue weighted by Crippen LogP contribution is 2.21. The Balaban J connectivity index is 5.17. The number of rotatable bonds is 5. The van der Waals surface area contributed by atoms with Crippen molar-refractivity contribution in [1.29, 1.82) is 0 Å². The van der Waals surface area contributed by atoms with E-state index in [2.05, 4.69) is 0 Å². The number of amides is 1. The van der Waals surface area contributed by atoms with Crippen molar-refractivity contribution in [3.8, 4) is 0 Å². The molecule has 0 bridgehead atoms. The molecule has 16 heavy (non-hydrogen) atoms. The highest BCUT2D eigenvalue weighted by Gasteiger charge is 2.42. The highest BCUT2D eigenvalue weighted by atomic mass is 16.5. The molecule has 0 aliphatic heterocycles. The maximum Gasteiger partial charge on any atom is 0.329 e. The number of carboxylic acid groups (broad SMARTS) is 1. The first kappa shape index (κ1) is 14.9. The minimum Gasteiger partial charge on any atom is -0.480 e. The van der Waals surface area contributed by atoms with E-state index in [4.69, 9.17) is 9.84 Å². The number of aliphatic carboxylic acids is 1. The third-order valence-corrected chi connectivity index (χ3v) is 2.78. The molecule has 0 aromatic heterocycles. The summed E-state index contributed by atoms with van der Waals surface area (Å²) in [5.74, 6) is -1.36. The van der Waals surface area contributed by atoms with Gasteiger partial charge in [-0.15, -0.1) is 0 Å². The topological polar surface area (TPSA) is 66.8 Å². The normalized spacial score (nSPS) is 12.4. The van der Waals surface area contributed by atoms with E-state index in [1.807, 2.05) is 0 Å². The van der Waals surface area contributed by atoms with Gasteiger partial charge in [-0.05, 0) is 34.6 Å². The lowest BCUT2D eigenvalue weighted by Gasteiger charge is -2.38. The van der Waals surface area contributed by atoms with Crippen LogP contribution in [-0.2, 0) is 14.3 Å². The van der Waals surface area contributed by atoms with Crippen LogP contribution < -0.4 is 0 Å². The number of carbonyl (C=O) groups excluding carboxylic acids is 1. The smallest absolute Gasteiger partial charge is 0.329 e. The van der Waals surface area contributed by atoms with Crippen molar-refractivity contribution in [2.45, 2.75) is 45.8 Å². The second kappa shape index (κ2) is 4.82. The van der Waals surface area contributed by atoms with E-state index in [1.54, 1.807) is 20.8 Å². The van der Waals surface area contributed by atoms with Crippen LogP contribution in [-0.4, -0.2) is 46.7 Å². The molecule has 0 atom stereocenters. The molecule has 0 fully saturated rings. The molecule has 94 valence electrons. The Morgan fingerprint density at radius 3 is 1.94 bits per heavy atom. The van der Waals surface area contributed by atoms with Crippen molar-refractivity contribution in [2.24, 2.45) is 0 Å². The lowest BCUT2D eigenvalue weighted by Crippen LogP contribution is -2.58. The Bertz CT molecular complexity index is 284. The van der Waals surface area contributed by atoms with Gasteiger partial charge in [0.25, 0.3) is 5.91 Å². The van der Waals surface area contributed by atoms with Crippen LogP contribution in [0.5, 0.6) is 0 Å². The summed E-state index contributed by atoms with van der Waals surface area (Å²) in [6.07, 6.45) is 0. The number of carboxylic acids is 1. The minimum absolute atomic E-state index is 0.324. The molecule has 0 saturated carbocycles. The summed E-state index contributed by atoms with van der Waals surface area (Å²) in [5.41, 5.74) is -2.25. The third-order valence-electron chi connectivity index (χ3n) is 2.78. The van der Waals surface area contributed by atoms with Crippen LogP contribution in [0.2, 0.25) is 0 Å². The van der Waals surface area contributed by atoms with Crippen LogP contribution >= 0.6 is 0 Å². The molecule has 1 N–H and O–H groups in total. The Labute approximate surface area is 96.4 Å². The Morgan fingerprint density at radius 2 is 1.69 bits per heavy atom. The van der Waals surface area contributed by atoms with Crippen LogP contribution in [0.4, 0.5) is 0 Å². The summed E-state index contributed by atoms with van der Waals surface area (Å²) in [4.78, 5) is 24.5. The van der Waals surface area contributed by atoms with Crippen molar-refractivity contribution < 1.29 is 19.4 Å². The van der Waals surface area contributed by atoms with Gasteiger partial charge in [0, 0.05) is 13.7 Å². The van der Waals surface area contributed by atoms with Crippen LogP contribution in [0.3, 0.4) is 0 Å². The number of methoxy groups -OCH3 is 1. The summed E-state index contributed by atoms with van der Waals surface area (Å²) in [7, 11) is 1.43. The maximum absolute atomic E-state index is 12.1. The summed E-state index contributed by atoms with van der Waals surface area (Å²) in [5, 5.41) is 9.10. The molecule has 1 amide bonds. The fourth-order valence-corrected chi connectivity index (χ4v) is 1.32. The number of hydrogen-bond acceptors (Lipinski definition) is 3. The maximum atomic E-state index is 12.1. The lowest BCUT2D eigenvalue weighted by molar-refractivity contribution is -0.166. The minimum atomic E-state index is -1.23. The van der Waals surface area contributed by atoms with Gasteiger partial charge in [-0.25, -0.2) is 4.79 Å². The van der Waals surface area contributed by atoms with E-state index in [1.165, 1.54) is 25.9 Å². The molecule has 0 heterocycles. The zero-order valence-electron chi connectivity index (χ0n) is 10.8. The van der Waals surface area contributed by atoms with Gasteiger partial charge in [0.15, 0.2) is 0 Å². The summed E-state index contributed by atoms with van der Waals surface area (Å²) in [6.45, 7) is 8.32. The quantitative estimate of drug-likeness (QED) is 0.770. The van der Waals surface area contributed by atoms with Crippen LogP contribution in [0.15, 0.2) is 0 Å². The van der Waals surface area contributed by atoms with Crippen molar-refractivity contribution >= 4 is 11.9 Å². The third kappa shape index (κ3) is 2.72. The average molecular weight is 231 g/mol. The van der Waals surface area contributed by atoms with Gasteiger partial charge in [0.2, 0.25) is 0 Å². The molecule has 0 unspecified atom stereocenters. The summed E-state index contributed by atoms with van der Waals surface area (Å²) >= 11 is 0. The molecule has 0 radical (unpaired) electrons. The SMILES string of the molecule is CCN(C(=O)C(C)(C)OC)C(C)(C)C(=O)O. The molecule has 5 nitrogen and oxygen atoms in total. The van der Waals surface area contributed by atoms with E-state index in [0.717, 1.165) is 0 Å². The lowest BCUT2D eigenvalue weighted by atomic mass is 9.98. The van der Waals surface area contributed by atoms with E-state index in [0.29, 0.717) is 6.54 Å². The van der Waals surface area contributed by atoms with Gasteiger partial charge in [-0.2, -0.15) is 0 Å². The van der Waals surface area contributed by atoms with Crippen molar-refractivity contribution in [3.05, 3.63) is 0 Å². The van der Waals surface area contributed by atoms with Crippen LogP contribution in [0.1, 0.15) is 34.6 Å². The van der Waals surface area contributed by atoms with Gasteiger partial charge in [-0.3, -0.25) is 4.79 Å². The molecule has 0 aromatic carbocycles. The molecular weight excluding hydrogens is 210 g/mol. The second-order valence-corrected chi connectivity index (χ2v) is 4.63. The van der Waals surface area contributed by atoms with Gasteiger partial charge in [-0.1, -0.05) is 0 Å². The monoisotopic (exact) mass is 231 g/mol. The zero-order chi connectivity index (χ0) is 13.1. The number of ether oxygens (including phenoxy) is 1. The van der Waals surface area contributed by atoms with Gasteiger partial charge < -0.3 is 14.7 Å². The molecule has 5 heteroatoms. The first-order chi connectivity index (χ1) is 7.11. The predicted octanol–water partition coefficient (Wildman–Crippen LogP) is 1.12. The Morgan fingerprint density at radius 1 is 1.25 bits per heavy atom. The van der Waals surface area contributed by atoms with Crippen molar-refractivity contribution in [2.75, 3.05) is 13.7 Å². The largest absolute Gasteiger partial charge is 0.480 e. The standard InChI is InChI=1S/C11H21NO4/c1-7-12(10(2,3)9(14)15)8(13)11(4,5)16-6/h7H2,1-6H3,(H,14,15). The average Bonchev–Trinajstić information content (AvgIpc) is 2.18. The summed E-state index contributed by atoms with van der Waals surface area (Å²) < 4.78 is 5.07. The van der Waals surface area contributed by atoms with E-state index < -0.39 is 17.1 Å². The van der Waals surface area contributed by atoms with E-state index in [9.17, 15) is 9.59 Å². The molecule has 0 saturated heterocycles. The van der Waals surface area contributed by atoms with Gasteiger partial charge >= 0.3 is 5.97 Å². The number of carbonyl (C=O) groups is 2. The highest BCUT2D eigenvalue weighted by molar-refractivity contribution is 5.90. The van der Waals surface area contributed by atoms with Gasteiger partial charge in [0.1, 0.15) is 11.1 Å². The number of nitrogens with zero attached hydrogens (tertiary/aromatic N) is 1.